The highest BCUT2D eigenvalue weighted by molar-refractivity contribution is 7.89. The molecule has 1 amide bonds. The highest BCUT2D eigenvalue weighted by Gasteiger charge is 2.39. The van der Waals surface area contributed by atoms with Crippen molar-refractivity contribution < 1.29 is 22.0 Å². The molecule has 0 saturated carbocycles. The molecule has 4 rings (SSSR count). The molecule has 162 valence electrons. The van der Waals surface area contributed by atoms with Gasteiger partial charge in [0.1, 0.15) is 21.5 Å². The van der Waals surface area contributed by atoms with Crippen LogP contribution in [0.5, 0.6) is 0 Å². The number of carbonyl (C=O) groups excluding carboxylic acids is 1. The Balaban J connectivity index is 1.56. The van der Waals surface area contributed by atoms with E-state index in [0.29, 0.717) is 34.6 Å². The van der Waals surface area contributed by atoms with Crippen molar-refractivity contribution in [3.05, 3.63) is 69.1 Å². The van der Waals surface area contributed by atoms with Crippen LogP contribution in [0.15, 0.2) is 47.4 Å². The van der Waals surface area contributed by atoms with Gasteiger partial charge in [-0.15, -0.1) is 10.2 Å². The number of hydrogen-bond donors (Lipinski definition) is 1. The summed E-state index contributed by atoms with van der Waals surface area (Å²) in [4.78, 5) is 11.8. The molecule has 3 aromatic rings. The number of carbonyl (C=O) groups is 1. The summed E-state index contributed by atoms with van der Waals surface area (Å²) in [6, 6.07) is 8.14. The normalized spacial score (nSPS) is 17.1. The molecule has 0 bridgehead atoms. The van der Waals surface area contributed by atoms with E-state index in [-0.39, 0.29) is 11.6 Å². The zero-order valence-electron chi connectivity index (χ0n) is 15.8. The van der Waals surface area contributed by atoms with Gasteiger partial charge in [-0.3, -0.25) is 4.79 Å². The van der Waals surface area contributed by atoms with E-state index >= 15 is 0 Å². The second-order valence-electron chi connectivity index (χ2n) is 6.75. The van der Waals surface area contributed by atoms with E-state index in [1.807, 2.05) is 0 Å². The predicted octanol–water partition coefficient (Wildman–Crippen LogP) is 4.25. The van der Waals surface area contributed by atoms with Crippen molar-refractivity contribution in [3.63, 3.8) is 0 Å². The summed E-state index contributed by atoms with van der Waals surface area (Å²) in [7, 11) is -4.23. The smallest absolute Gasteiger partial charge is 0.286 e. The van der Waals surface area contributed by atoms with E-state index in [1.54, 1.807) is 24.3 Å². The van der Waals surface area contributed by atoms with E-state index in [4.69, 9.17) is 11.6 Å². The Morgan fingerprint density at radius 1 is 1.16 bits per heavy atom. The Kier molecular flexibility index (Phi) is 6.02. The van der Waals surface area contributed by atoms with Gasteiger partial charge in [0.25, 0.3) is 5.91 Å². The van der Waals surface area contributed by atoms with Crippen LogP contribution in [0.4, 0.5) is 14.5 Å². The lowest BCUT2D eigenvalue weighted by Crippen LogP contribution is -2.31. The summed E-state index contributed by atoms with van der Waals surface area (Å²) < 4.78 is 54.4. The largest absolute Gasteiger partial charge is 0.320 e. The van der Waals surface area contributed by atoms with Crippen molar-refractivity contribution in [2.75, 3.05) is 11.9 Å². The molecule has 0 radical (unpaired) electrons. The van der Waals surface area contributed by atoms with Gasteiger partial charge in [0.15, 0.2) is 0 Å². The lowest BCUT2D eigenvalue weighted by atomic mass is 10.2. The summed E-state index contributed by atoms with van der Waals surface area (Å²) in [5.74, 6) is -2.52. The van der Waals surface area contributed by atoms with E-state index in [1.165, 1.54) is 0 Å². The topological polar surface area (TPSA) is 92.3 Å². The van der Waals surface area contributed by atoms with Crippen LogP contribution in [0.25, 0.3) is 0 Å². The van der Waals surface area contributed by atoms with Gasteiger partial charge in [0, 0.05) is 23.3 Å². The maximum atomic E-state index is 14.1. The van der Waals surface area contributed by atoms with Crippen LogP contribution < -0.4 is 5.32 Å². The van der Waals surface area contributed by atoms with Crippen LogP contribution in [0.3, 0.4) is 0 Å². The summed E-state index contributed by atoms with van der Waals surface area (Å²) in [5, 5.41) is 11.4. The van der Waals surface area contributed by atoms with Gasteiger partial charge in [-0.25, -0.2) is 17.2 Å². The van der Waals surface area contributed by atoms with Crippen molar-refractivity contribution in [2.45, 2.75) is 23.8 Å². The first-order valence-electron chi connectivity index (χ1n) is 9.13. The molecule has 0 spiro atoms. The van der Waals surface area contributed by atoms with Crippen LogP contribution in [-0.2, 0) is 10.0 Å². The van der Waals surface area contributed by atoms with Crippen LogP contribution in [0.2, 0.25) is 5.02 Å². The molecule has 1 aliphatic heterocycles. The van der Waals surface area contributed by atoms with E-state index < -0.39 is 38.5 Å². The Morgan fingerprint density at radius 3 is 2.61 bits per heavy atom. The van der Waals surface area contributed by atoms with Crippen molar-refractivity contribution in [1.29, 1.82) is 0 Å². The molecule has 1 saturated heterocycles. The molecule has 1 unspecified atom stereocenters. The first-order chi connectivity index (χ1) is 14.8. The maximum Gasteiger partial charge on any atom is 0.286 e. The van der Waals surface area contributed by atoms with Crippen molar-refractivity contribution in [1.82, 2.24) is 14.5 Å². The fraction of sp³-hybridized carbons (Fsp3) is 0.211. The molecule has 7 nitrogen and oxygen atoms in total. The molecule has 1 N–H and O–H groups in total. The number of amides is 1. The fourth-order valence-electron chi connectivity index (χ4n) is 3.26. The first-order valence-corrected chi connectivity index (χ1v) is 11.8. The molecule has 31 heavy (non-hydrogen) atoms. The third kappa shape index (κ3) is 4.45. The standard InChI is InChI=1S/C19H15ClF2N4O3S2/c20-11-3-6-13(7-4-11)23-17(27)19-25-24-18(30-19)15-2-1-9-26(15)31(28,29)16-8-5-12(21)10-14(16)22/h3-8,10,15H,1-2,9H2,(H,23,27). The highest BCUT2D eigenvalue weighted by Crippen LogP contribution is 2.38. The summed E-state index contributed by atoms with van der Waals surface area (Å²) >= 11 is 6.79. The molecule has 2 aromatic carbocycles. The Labute approximate surface area is 185 Å². The molecule has 1 aromatic heterocycles. The van der Waals surface area contributed by atoms with E-state index in [2.05, 4.69) is 15.5 Å². The zero-order valence-corrected chi connectivity index (χ0v) is 18.1. The molecular weight excluding hydrogens is 470 g/mol. The summed E-state index contributed by atoms with van der Waals surface area (Å²) in [6.45, 7) is 0.149. The van der Waals surface area contributed by atoms with Crippen molar-refractivity contribution >= 4 is 44.6 Å². The number of nitrogens with one attached hydrogen (secondary N) is 1. The fourth-order valence-corrected chi connectivity index (χ4v) is 6.05. The highest BCUT2D eigenvalue weighted by atomic mass is 35.5. The van der Waals surface area contributed by atoms with Crippen LogP contribution in [0.1, 0.15) is 33.7 Å². The van der Waals surface area contributed by atoms with E-state index in [0.717, 1.165) is 27.8 Å². The van der Waals surface area contributed by atoms with Gasteiger partial charge >= 0.3 is 0 Å². The monoisotopic (exact) mass is 484 g/mol. The summed E-state index contributed by atoms with van der Waals surface area (Å²) in [6.07, 6.45) is 0.966. The maximum absolute atomic E-state index is 14.1. The van der Waals surface area contributed by atoms with Gasteiger partial charge in [-0.2, -0.15) is 4.31 Å². The number of anilines is 1. The molecule has 0 aliphatic carbocycles. The van der Waals surface area contributed by atoms with E-state index in [9.17, 15) is 22.0 Å². The molecule has 1 fully saturated rings. The molecule has 12 heteroatoms. The third-order valence-electron chi connectivity index (χ3n) is 4.71. The quantitative estimate of drug-likeness (QED) is 0.584. The number of rotatable bonds is 5. The zero-order chi connectivity index (χ0) is 22.2. The van der Waals surface area contributed by atoms with Crippen LogP contribution in [0, 0.1) is 11.6 Å². The minimum Gasteiger partial charge on any atom is -0.320 e. The van der Waals surface area contributed by atoms with Crippen molar-refractivity contribution in [2.24, 2.45) is 0 Å². The predicted molar refractivity (Wildman–Crippen MR) is 112 cm³/mol. The Bertz CT molecular complexity index is 1240. The van der Waals surface area contributed by atoms with Gasteiger partial charge in [-0.1, -0.05) is 22.9 Å². The van der Waals surface area contributed by atoms with Crippen LogP contribution in [-0.4, -0.2) is 35.4 Å². The molecular formula is C19H15ClF2N4O3S2. The van der Waals surface area contributed by atoms with Crippen molar-refractivity contribution in [3.8, 4) is 0 Å². The van der Waals surface area contributed by atoms with Gasteiger partial charge in [-0.05, 0) is 49.2 Å². The molecule has 2 heterocycles. The number of sulfonamides is 1. The number of hydrogen-bond acceptors (Lipinski definition) is 6. The van der Waals surface area contributed by atoms with Crippen LogP contribution >= 0.6 is 22.9 Å². The van der Waals surface area contributed by atoms with Gasteiger partial charge < -0.3 is 5.32 Å². The average molecular weight is 485 g/mol. The van der Waals surface area contributed by atoms with Gasteiger partial charge in [0.05, 0.1) is 6.04 Å². The Morgan fingerprint density at radius 2 is 1.90 bits per heavy atom. The Hall–Kier alpha value is -2.47. The lowest BCUT2D eigenvalue weighted by molar-refractivity contribution is 0.102. The first kappa shape index (κ1) is 21.8. The third-order valence-corrected chi connectivity index (χ3v) is 7.92. The minimum absolute atomic E-state index is 0.0576. The number of nitrogens with zero attached hydrogens (tertiary/aromatic N) is 3. The summed E-state index contributed by atoms with van der Waals surface area (Å²) in [5.41, 5.74) is 0.517. The minimum atomic E-state index is -4.23. The second kappa shape index (κ2) is 8.58. The average Bonchev–Trinajstić information content (AvgIpc) is 3.39. The lowest BCUT2D eigenvalue weighted by Gasteiger charge is -2.22. The molecule has 1 aliphatic rings. The second-order valence-corrected chi connectivity index (χ2v) is 10.1. The SMILES string of the molecule is O=C(Nc1ccc(Cl)cc1)c1nnc(C2CCCN2S(=O)(=O)c2ccc(F)cc2F)s1. The number of benzene rings is 2. The number of aromatic nitrogens is 2. The van der Waals surface area contributed by atoms with Gasteiger partial charge in [0.2, 0.25) is 15.0 Å². The number of halogens is 3. The molecule has 1 atom stereocenters.